The van der Waals surface area contributed by atoms with Crippen LogP contribution in [0.15, 0.2) is 73.2 Å². The van der Waals surface area contributed by atoms with Gasteiger partial charge in [-0.3, -0.25) is 15.1 Å². The molecule has 4 aromatic heterocycles. The second kappa shape index (κ2) is 10.8. The first kappa shape index (κ1) is 26.8. The van der Waals surface area contributed by atoms with Crippen LogP contribution in [-0.2, 0) is 23.1 Å². The Labute approximate surface area is 236 Å². The number of benzene rings is 2. The molecule has 0 saturated carbocycles. The summed E-state index contributed by atoms with van der Waals surface area (Å²) in [7, 11) is -3.41. The molecule has 0 aliphatic heterocycles. The molecule has 208 valence electrons. The van der Waals surface area contributed by atoms with Crippen LogP contribution in [0.2, 0.25) is 0 Å². The van der Waals surface area contributed by atoms with Crippen LogP contribution >= 0.6 is 0 Å². The average molecular weight is 570 g/mol. The van der Waals surface area contributed by atoms with E-state index in [4.69, 9.17) is 0 Å². The van der Waals surface area contributed by atoms with Crippen LogP contribution in [0.5, 0.6) is 0 Å². The van der Waals surface area contributed by atoms with Crippen LogP contribution in [-0.4, -0.2) is 46.4 Å². The smallest absolute Gasteiger partial charge is 0.209 e. The third-order valence-corrected chi connectivity index (χ3v) is 7.51. The molecule has 0 atom stereocenters. The number of nitrogens with one attached hydrogen (secondary N) is 4. The summed E-state index contributed by atoms with van der Waals surface area (Å²) in [6.45, 7) is 3.67. The fourth-order valence-electron chi connectivity index (χ4n) is 4.93. The van der Waals surface area contributed by atoms with E-state index in [2.05, 4.69) is 48.2 Å². The molecule has 4 heterocycles. The number of halogens is 1. The molecule has 0 radical (unpaired) electrons. The van der Waals surface area contributed by atoms with Crippen molar-refractivity contribution in [2.45, 2.75) is 20.0 Å². The zero-order valence-corrected chi connectivity index (χ0v) is 23.3. The molecule has 0 bridgehead atoms. The number of nitrogens with zero attached hydrogens (tertiary/aromatic N) is 3. The van der Waals surface area contributed by atoms with E-state index in [1.54, 1.807) is 18.5 Å². The van der Waals surface area contributed by atoms with E-state index >= 15 is 0 Å². The SMILES string of the molecule is CCNCc1cncc(-c2cc3c(-c4cc5c(-c6cc(F)cc(CNS(C)(=O)=O)c6)cccc5[nH]4)n[nH]c3cn2)c1. The van der Waals surface area contributed by atoms with Crippen molar-refractivity contribution in [2.75, 3.05) is 12.8 Å². The lowest BCUT2D eigenvalue weighted by molar-refractivity contribution is 0.586. The Hall–Kier alpha value is -4.45. The van der Waals surface area contributed by atoms with Gasteiger partial charge in [0.05, 0.1) is 29.4 Å². The second-order valence-corrected chi connectivity index (χ2v) is 11.8. The highest BCUT2D eigenvalue weighted by molar-refractivity contribution is 7.88. The van der Waals surface area contributed by atoms with Gasteiger partial charge < -0.3 is 10.3 Å². The van der Waals surface area contributed by atoms with E-state index in [-0.39, 0.29) is 6.54 Å². The molecule has 0 aliphatic rings. The Balaban J connectivity index is 1.39. The standard InChI is InChI=1S/C30H28FN7O2S/c1-3-32-13-19-8-21(16-33-14-19)27-12-25-29(17-34-27)37-38-30(25)28-11-24-23(5-4-6-26(24)36-28)20-7-18(9-22(31)10-20)15-35-41(2,39)40/h4-12,14,16-17,32,35-36H,3,13,15H2,1-2H3,(H,37,38). The van der Waals surface area contributed by atoms with Gasteiger partial charge in [-0.1, -0.05) is 19.1 Å². The van der Waals surface area contributed by atoms with Gasteiger partial charge in [0.25, 0.3) is 0 Å². The van der Waals surface area contributed by atoms with E-state index in [1.807, 2.05) is 36.5 Å². The van der Waals surface area contributed by atoms with Crippen molar-refractivity contribution in [3.8, 4) is 33.8 Å². The molecular weight excluding hydrogens is 541 g/mol. The maximum Gasteiger partial charge on any atom is 0.209 e. The largest absolute Gasteiger partial charge is 0.353 e. The van der Waals surface area contributed by atoms with Crippen LogP contribution in [0, 0.1) is 5.82 Å². The van der Waals surface area contributed by atoms with Crippen molar-refractivity contribution in [1.82, 2.24) is 35.2 Å². The Kier molecular flexibility index (Phi) is 7.08. The van der Waals surface area contributed by atoms with Gasteiger partial charge in [-0.2, -0.15) is 5.10 Å². The van der Waals surface area contributed by atoms with Crippen LogP contribution in [0.3, 0.4) is 0 Å². The maximum atomic E-state index is 14.6. The maximum absolute atomic E-state index is 14.6. The van der Waals surface area contributed by atoms with Crippen molar-refractivity contribution < 1.29 is 12.8 Å². The van der Waals surface area contributed by atoms with Crippen molar-refractivity contribution >= 4 is 31.8 Å². The van der Waals surface area contributed by atoms with E-state index in [0.717, 1.165) is 74.9 Å². The van der Waals surface area contributed by atoms with Gasteiger partial charge in [-0.25, -0.2) is 17.5 Å². The molecule has 6 aromatic rings. The van der Waals surface area contributed by atoms with Crippen LogP contribution < -0.4 is 10.0 Å². The molecule has 0 unspecified atom stereocenters. The number of pyridine rings is 2. The van der Waals surface area contributed by atoms with Gasteiger partial charge in [0, 0.05) is 47.3 Å². The van der Waals surface area contributed by atoms with Gasteiger partial charge in [0.2, 0.25) is 10.0 Å². The van der Waals surface area contributed by atoms with E-state index in [9.17, 15) is 12.8 Å². The third kappa shape index (κ3) is 5.73. The predicted molar refractivity (Wildman–Crippen MR) is 159 cm³/mol. The first-order valence-electron chi connectivity index (χ1n) is 13.1. The van der Waals surface area contributed by atoms with Crippen molar-refractivity contribution in [1.29, 1.82) is 0 Å². The molecule has 9 nitrogen and oxygen atoms in total. The van der Waals surface area contributed by atoms with Gasteiger partial charge in [-0.15, -0.1) is 0 Å². The molecule has 0 saturated heterocycles. The first-order chi connectivity index (χ1) is 19.8. The summed E-state index contributed by atoms with van der Waals surface area (Å²) < 4.78 is 40.1. The lowest BCUT2D eigenvalue weighted by Crippen LogP contribution is -2.21. The minimum absolute atomic E-state index is 0.00112. The number of fused-ring (bicyclic) bond motifs is 2. The molecule has 0 fully saturated rings. The number of hydrogen-bond donors (Lipinski definition) is 4. The molecule has 11 heteroatoms. The fourth-order valence-corrected chi connectivity index (χ4v) is 5.36. The second-order valence-electron chi connectivity index (χ2n) is 9.94. The highest BCUT2D eigenvalue weighted by Gasteiger charge is 2.16. The van der Waals surface area contributed by atoms with Gasteiger partial charge in [0.15, 0.2) is 0 Å². The Bertz CT molecular complexity index is 2000. The quantitative estimate of drug-likeness (QED) is 0.191. The summed E-state index contributed by atoms with van der Waals surface area (Å²) in [5, 5.41) is 12.8. The third-order valence-electron chi connectivity index (χ3n) is 6.84. The Morgan fingerprint density at radius 2 is 1.76 bits per heavy atom. The number of H-pyrrole nitrogens is 2. The Morgan fingerprint density at radius 3 is 2.59 bits per heavy atom. The summed E-state index contributed by atoms with van der Waals surface area (Å²) in [5.41, 5.74) is 7.97. The summed E-state index contributed by atoms with van der Waals surface area (Å²) in [5.74, 6) is -0.442. The number of aromatic nitrogens is 5. The number of hydrogen-bond acceptors (Lipinski definition) is 6. The van der Waals surface area contributed by atoms with Crippen molar-refractivity contribution in [2.24, 2.45) is 0 Å². The average Bonchev–Trinajstić information content (AvgIpc) is 3.58. The number of sulfonamides is 1. The van der Waals surface area contributed by atoms with Gasteiger partial charge in [-0.05, 0) is 71.3 Å². The highest BCUT2D eigenvalue weighted by Crippen LogP contribution is 2.35. The minimum Gasteiger partial charge on any atom is -0.353 e. The molecule has 2 aromatic carbocycles. The molecule has 0 aliphatic carbocycles. The van der Waals surface area contributed by atoms with E-state index in [1.165, 1.54) is 12.1 Å². The molecule has 41 heavy (non-hydrogen) atoms. The molecule has 0 amide bonds. The molecule has 4 N–H and O–H groups in total. The summed E-state index contributed by atoms with van der Waals surface area (Å²) in [4.78, 5) is 12.5. The number of aromatic amines is 2. The Morgan fingerprint density at radius 1 is 0.902 bits per heavy atom. The van der Waals surface area contributed by atoms with Crippen LogP contribution in [0.1, 0.15) is 18.1 Å². The van der Waals surface area contributed by atoms with Crippen molar-refractivity contribution in [3.63, 3.8) is 0 Å². The molecule has 6 rings (SSSR count). The lowest BCUT2D eigenvalue weighted by Gasteiger charge is -2.08. The molecule has 0 spiro atoms. The minimum atomic E-state index is -3.41. The summed E-state index contributed by atoms with van der Waals surface area (Å²) in [6, 6.07) is 16.4. The van der Waals surface area contributed by atoms with Crippen LogP contribution in [0.4, 0.5) is 4.39 Å². The number of rotatable bonds is 9. The highest BCUT2D eigenvalue weighted by atomic mass is 32.2. The topological polar surface area (TPSA) is 128 Å². The predicted octanol–water partition coefficient (Wildman–Crippen LogP) is 5.13. The summed E-state index contributed by atoms with van der Waals surface area (Å²) >= 11 is 0. The first-order valence-corrected chi connectivity index (χ1v) is 15.0. The lowest BCUT2D eigenvalue weighted by atomic mass is 9.99. The van der Waals surface area contributed by atoms with Crippen molar-refractivity contribution in [3.05, 3.63) is 90.1 Å². The zero-order chi connectivity index (χ0) is 28.6. The monoisotopic (exact) mass is 569 g/mol. The van der Waals surface area contributed by atoms with Crippen LogP contribution in [0.25, 0.3) is 55.6 Å². The van der Waals surface area contributed by atoms with E-state index in [0.29, 0.717) is 11.1 Å². The summed E-state index contributed by atoms with van der Waals surface area (Å²) in [6.07, 6.45) is 6.49. The zero-order valence-electron chi connectivity index (χ0n) is 22.5. The van der Waals surface area contributed by atoms with Gasteiger partial charge in [0.1, 0.15) is 11.5 Å². The normalized spacial score (nSPS) is 12.0. The van der Waals surface area contributed by atoms with Gasteiger partial charge >= 0.3 is 0 Å². The fraction of sp³-hybridized carbons (Fsp3) is 0.167. The molecular formula is C30H28FN7O2S. The van der Waals surface area contributed by atoms with E-state index < -0.39 is 15.8 Å².